The maximum atomic E-state index is 13.0. The lowest BCUT2D eigenvalue weighted by Gasteiger charge is -2.23. The number of alkyl carbamates (subject to hydrolysis) is 1. The van der Waals surface area contributed by atoms with Crippen molar-refractivity contribution in [3.63, 3.8) is 0 Å². The van der Waals surface area contributed by atoms with Gasteiger partial charge in [0.25, 0.3) is 0 Å². The number of phenolic OH excluding ortho intramolecular Hbond substituents is 1. The van der Waals surface area contributed by atoms with Gasteiger partial charge in [0.15, 0.2) is 0 Å². The van der Waals surface area contributed by atoms with Crippen molar-refractivity contribution in [2.45, 2.75) is 52.7 Å². The molecular weight excluding hydrogens is 401 g/mol. The second-order valence-electron chi connectivity index (χ2n) is 7.08. The molecule has 0 fully saturated rings. The highest BCUT2D eigenvalue weighted by molar-refractivity contribution is 7.62. The molecule has 1 atom stereocenters. The fourth-order valence-corrected chi connectivity index (χ4v) is 4.16. The van der Waals surface area contributed by atoms with E-state index in [0.29, 0.717) is 5.56 Å². The molecule has 0 spiro atoms. The number of nitrogens with one attached hydrogen (secondary N) is 1. The second kappa shape index (κ2) is 10.6. The number of methoxy groups -OCH3 is 1. The Balaban J connectivity index is 3.16. The summed E-state index contributed by atoms with van der Waals surface area (Å²) in [6, 6.07) is 3.24. The topological polar surface area (TPSA) is 120 Å². The van der Waals surface area contributed by atoms with E-state index in [2.05, 4.69) is 5.32 Å². The zero-order chi connectivity index (χ0) is 22.2. The Morgan fingerprint density at radius 1 is 1.17 bits per heavy atom. The molecule has 10 heteroatoms. The van der Waals surface area contributed by atoms with Crippen molar-refractivity contribution in [3.8, 4) is 5.75 Å². The van der Waals surface area contributed by atoms with Gasteiger partial charge in [0, 0.05) is 6.42 Å². The van der Waals surface area contributed by atoms with Gasteiger partial charge in [-0.3, -0.25) is 4.57 Å². The maximum Gasteiger partial charge on any atom is 0.408 e. The molecule has 1 amide bonds. The van der Waals surface area contributed by atoms with Gasteiger partial charge in [0.05, 0.1) is 20.3 Å². The summed E-state index contributed by atoms with van der Waals surface area (Å²) < 4.78 is 33.5. The van der Waals surface area contributed by atoms with E-state index in [1.165, 1.54) is 25.3 Å². The van der Waals surface area contributed by atoms with E-state index < -0.39 is 31.3 Å². The Morgan fingerprint density at radius 3 is 2.24 bits per heavy atom. The second-order valence-corrected chi connectivity index (χ2v) is 9.08. The number of ether oxygens (including phenoxy) is 2. The maximum absolute atomic E-state index is 13.0. The van der Waals surface area contributed by atoms with Crippen LogP contribution in [-0.4, -0.2) is 49.1 Å². The smallest absolute Gasteiger partial charge is 0.408 e. The minimum atomic E-state index is -3.74. The SMILES string of the molecule is CCOP(=O)(OCC)c1cc(CC(NC(=O)OC(C)(C)C)C(=O)OC)ccc1O. The van der Waals surface area contributed by atoms with Gasteiger partial charge in [-0.25, -0.2) is 9.59 Å². The van der Waals surface area contributed by atoms with Crippen LogP contribution in [0.4, 0.5) is 4.79 Å². The van der Waals surface area contributed by atoms with Crippen LogP contribution in [0.3, 0.4) is 0 Å². The van der Waals surface area contributed by atoms with Crippen LogP contribution < -0.4 is 10.6 Å². The van der Waals surface area contributed by atoms with Crippen LogP contribution in [0.25, 0.3) is 0 Å². The summed E-state index contributed by atoms with van der Waals surface area (Å²) in [4.78, 5) is 24.2. The predicted molar refractivity (Wildman–Crippen MR) is 107 cm³/mol. The molecule has 1 aromatic carbocycles. The summed E-state index contributed by atoms with van der Waals surface area (Å²) in [5.41, 5.74) is -0.234. The Bertz CT molecular complexity index is 749. The van der Waals surface area contributed by atoms with Gasteiger partial charge in [-0.15, -0.1) is 0 Å². The predicted octanol–water partition coefficient (Wildman–Crippen LogP) is 2.89. The first-order valence-electron chi connectivity index (χ1n) is 9.24. The molecule has 0 aliphatic heterocycles. The van der Waals surface area contributed by atoms with Crippen LogP contribution in [0, 0.1) is 0 Å². The van der Waals surface area contributed by atoms with E-state index >= 15 is 0 Å². The number of hydrogen-bond donors (Lipinski definition) is 2. The van der Waals surface area contributed by atoms with Crippen molar-refractivity contribution in [3.05, 3.63) is 23.8 Å². The van der Waals surface area contributed by atoms with Crippen molar-refractivity contribution < 1.29 is 37.8 Å². The standard InChI is InChI=1S/C19H30NO8P/c1-7-26-29(24,27-8-2)16-12-13(9-10-15(16)21)11-14(17(22)25-6)20-18(23)28-19(3,4)5/h9-10,12,14,21H,7-8,11H2,1-6H3,(H,20,23). The molecule has 2 N–H and O–H groups in total. The van der Waals surface area contributed by atoms with Crippen LogP contribution in [0.1, 0.15) is 40.2 Å². The molecule has 1 rings (SSSR count). The minimum Gasteiger partial charge on any atom is -0.507 e. The molecule has 9 nitrogen and oxygen atoms in total. The van der Waals surface area contributed by atoms with E-state index in [-0.39, 0.29) is 30.7 Å². The Kier molecular flexibility index (Phi) is 9.14. The summed E-state index contributed by atoms with van der Waals surface area (Å²) in [6.07, 6.45) is -0.765. The Hall–Kier alpha value is -2.09. The number of rotatable bonds is 9. The molecule has 0 bridgehead atoms. The van der Waals surface area contributed by atoms with Gasteiger partial charge in [-0.1, -0.05) is 6.07 Å². The summed E-state index contributed by atoms with van der Waals surface area (Å²) in [5.74, 6) is -0.933. The van der Waals surface area contributed by atoms with Gasteiger partial charge in [0.1, 0.15) is 22.7 Å². The molecule has 0 heterocycles. The van der Waals surface area contributed by atoms with Crippen molar-refractivity contribution >= 4 is 25.0 Å². The molecular formula is C19H30NO8P. The van der Waals surface area contributed by atoms with Gasteiger partial charge in [-0.2, -0.15) is 0 Å². The largest absolute Gasteiger partial charge is 0.507 e. The van der Waals surface area contributed by atoms with Crippen molar-refractivity contribution in [1.82, 2.24) is 5.32 Å². The van der Waals surface area contributed by atoms with Crippen LogP contribution in [0.2, 0.25) is 0 Å². The summed E-state index contributed by atoms with van der Waals surface area (Å²) in [5, 5.41) is 12.6. The molecule has 164 valence electrons. The Morgan fingerprint density at radius 2 is 1.76 bits per heavy atom. The third-order valence-corrected chi connectivity index (χ3v) is 5.69. The van der Waals surface area contributed by atoms with E-state index in [1.54, 1.807) is 34.6 Å². The van der Waals surface area contributed by atoms with Gasteiger partial charge >= 0.3 is 19.7 Å². The van der Waals surface area contributed by atoms with E-state index in [1.807, 2.05) is 0 Å². The summed E-state index contributed by atoms with van der Waals surface area (Å²) in [7, 11) is -2.54. The first-order valence-corrected chi connectivity index (χ1v) is 10.8. The third kappa shape index (κ3) is 7.68. The van der Waals surface area contributed by atoms with Crippen LogP contribution in [-0.2, 0) is 34.3 Å². The lowest BCUT2D eigenvalue weighted by molar-refractivity contribution is -0.143. The molecule has 0 saturated carbocycles. The molecule has 1 aromatic rings. The lowest BCUT2D eigenvalue weighted by atomic mass is 10.1. The highest BCUT2D eigenvalue weighted by Gasteiger charge is 2.31. The van der Waals surface area contributed by atoms with E-state index in [4.69, 9.17) is 18.5 Å². The number of benzene rings is 1. The Labute approximate surface area is 171 Å². The number of esters is 1. The number of aromatic hydroxyl groups is 1. The normalized spacial score (nSPS) is 12.9. The minimum absolute atomic E-state index is 0.0114. The van der Waals surface area contributed by atoms with Crippen molar-refractivity contribution in [2.24, 2.45) is 0 Å². The van der Waals surface area contributed by atoms with Gasteiger partial charge in [-0.05, 0) is 52.3 Å². The average Bonchev–Trinajstić information content (AvgIpc) is 2.60. The zero-order valence-electron chi connectivity index (χ0n) is 17.7. The monoisotopic (exact) mass is 431 g/mol. The highest BCUT2D eigenvalue weighted by atomic mass is 31.2. The number of phenols is 1. The first kappa shape index (κ1) is 24.9. The van der Waals surface area contributed by atoms with Crippen LogP contribution in [0.15, 0.2) is 18.2 Å². The summed E-state index contributed by atoms with van der Waals surface area (Å²) >= 11 is 0. The highest BCUT2D eigenvalue weighted by Crippen LogP contribution is 2.49. The molecule has 0 aliphatic rings. The quantitative estimate of drug-likeness (QED) is 0.452. The van der Waals surface area contributed by atoms with Crippen LogP contribution in [0.5, 0.6) is 5.75 Å². The lowest BCUT2D eigenvalue weighted by Crippen LogP contribution is -2.45. The van der Waals surface area contributed by atoms with E-state index in [9.17, 15) is 19.3 Å². The number of hydrogen-bond acceptors (Lipinski definition) is 8. The number of carbonyl (C=O) groups excluding carboxylic acids is 2. The van der Waals surface area contributed by atoms with Crippen molar-refractivity contribution in [1.29, 1.82) is 0 Å². The van der Waals surface area contributed by atoms with Crippen molar-refractivity contribution in [2.75, 3.05) is 20.3 Å². The molecule has 29 heavy (non-hydrogen) atoms. The third-order valence-electron chi connectivity index (χ3n) is 3.55. The fraction of sp³-hybridized carbons (Fsp3) is 0.579. The molecule has 0 aliphatic carbocycles. The summed E-state index contributed by atoms with van der Waals surface area (Å²) in [6.45, 7) is 8.65. The van der Waals surface area contributed by atoms with Gasteiger partial charge in [0.2, 0.25) is 0 Å². The molecule has 0 aromatic heterocycles. The number of carbonyl (C=O) groups is 2. The fourth-order valence-electron chi connectivity index (χ4n) is 2.45. The van der Waals surface area contributed by atoms with Crippen LogP contribution >= 0.6 is 7.60 Å². The zero-order valence-corrected chi connectivity index (χ0v) is 18.6. The molecule has 0 radical (unpaired) electrons. The van der Waals surface area contributed by atoms with E-state index in [0.717, 1.165) is 0 Å². The number of amides is 1. The first-order chi connectivity index (χ1) is 13.5. The average molecular weight is 431 g/mol. The van der Waals surface area contributed by atoms with Gasteiger partial charge < -0.3 is 28.9 Å². The molecule has 0 saturated heterocycles. The molecule has 1 unspecified atom stereocenters.